The molecule has 0 spiro atoms. The van der Waals surface area contributed by atoms with Crippen molar-refractivity contribution in [2.75, 3.05) is 31.6 Å². The molecule has 2 N–H and O–H groups in total. The lowest BCUT2D eigenvalue weighted by Crippen LogP contribution is -2.47. The smallest absolute Gasteiger partial charge is 0.269 e. The van der Waals surface area contributed by atoms with E-state index in [2.05, 4.69) is 21.5 Å². The number of benzene rings is 1. The van der Waals surface area contributed by atoms with Crippen molar-refractivity contribution in [3.63, 3.8) is 0 Å². The van der Waals surface area contributed by atoms with E-state index < -0.39 is 4.92 Å². The first-order chi connectivity index (χ1) is 12.1. The van der Waals surface area contributed by atoms with E-state index in [0.29, 0.717) is 6.54 Å². The van der Waals surface area contributed by atoms with Crippen molar-refractivity contribution in [1.82, 2.24) is 10.2 Å². The van der Waals surface area contributed by atoms with E-state index in [0.717, 1.165) is 56.2 Å². The second-order valence-electron chi connectivity index (χ2n) is 6.05. The number of likely N-dealkylation sites (tertiary alicyclic amines) is 1. The molecule has 0 saturated carbocycles. The van der Waals surface area contributed by atoms with Gasteiger partial charge in [-0.05, 0) is 36.8 Å². The summed E-state index contributed by atoms with van der Waals surface area (Å²) >= 11 is 1.82. The molecular formula is C17H27IN4O3S. The number of guanidine groups is 1. The number of halogens is 1. The van der Waals surface area contributed by atoms with Gasteiger partial charge in [-0.15, -0.1) is 24.0 Å². The first-order valence-corrected chi connectivity index (χ1v) is 9.93. The molecule has 1 aliphatic heterocycles. The maximum atomic E-state index is 10.7. The summed E-state index contributed by atoms with van der Waals surface area (Å²) in [4.78, 5) is 17.2. The highest BCUT2D eigenvalue weighted by Crippen LogP contribution is 2.14. The molecule has 1 aromatic carbocycles. The molecule has 7 nitrogen and oxygen atoms in total. The molecule has 0 amide bonds. The summed E-state index contributed by atoms with van der Waals surface area (Å²) in [5.41, 5.74) is 1.03. The Kier molecular flexibility index (Phi) is 10.9. The number of non-ortho nitro benzene ring substituents is 1. The predicted octanol–water partition coefficient (Wildman–Crippen LogP) is 2.87. The molecule has 1 aromatic rings. The van der Waals surface area contributed by atoms with Crippen molar-refractivity contribution < 1.29 is 10.0 Å². The van der Waals surface area contributed by atoms with Gasteiger partial charge in [0.25, 0.3) is 5.69 Å². The van der Waals surface area contributed by atoms with Crippen LogP contribution in [0, 0.1) is 10.1 Å². The minimum atomic E-state index is -0.398. The lowest BCUT2D eigenvalue weighted by molar-refractivity contribution is -0.384. The molecule has 2 rings (SSSR count). The molecule has 1 saturated heterocycles. The van der Waals surface area contributed by atoms with E-state index in [9.17, 15) is 15.2 Å². The zero-order valence-corrected chi connectivity index (χ0v) is 18.1. The van der Waals surface area contributed by atoms with Crippen LogP contribution in [-0.2, 0) is 6.54 Å². The highest BCUT2D eigenvalue weighted by Gasteiger charge is 2.19. The first-order valence-electron chi connectivity index (χ1n) is 8.53. The Morgan fingerprint density at radius 1 is 1.38 bits per heavy atom. The van der Waals surface area contributed by atoms with Crippen molar-refractivity contribution in [1.29, 1.82) is 0 Å². The van der Waals surface area contributed by atoms with E-state index in [-0.39, 0.29) is 35.8 Å². The van der Waals surface area contributed by atoms with Crippen LogP contribution < -0.4 is 5.32 Å². The molecule has 0 bridgehead atoms. The molecule has 0 atom stereocenters. The molecule has 0 aromatic heterocycles. The molecule has 0 aliphatic carbocycles. The number of nitro groups is 1. The van der Waals surface area contributed by atoms with Gasteiger partial charge in [0, 0.05) is 31.8 Å². The SMILES string of the molecule is CSCCCNC(=NCc1ccc([N+](=O)[O-])cc1)N1CCC(O)CC1.I. The van der Waals surface area contributed by atoms with Crippen LogP contribution in [0.25, 0.3) is 0 Å². The Labute approximate surface area is 175 Å². The Morgan fingerprint density at radius 3 is 2.62 bits per heavy atom. The van der Waals surface area contributed by atoms with Gasteiger partial charge in [-0.25, -0.2) is 4.99 Å². The van der Waals surface area contributed by atoms with Gasteiger partial charge in [-0.1, -0.05) is 12.1 Å². The van der Waals surface area contributed by atoms with Crippen LogP contribution in [0.1, 0.15) is 24.8 Å². The van der Waals surface area contributed by atoms with Crippen LogP contribution >= 0.6 is 35.7 Å². The van der Waals surface area contributed by atoms with Gasteiger partial charge in [0.15, 0.2) is 5.96 Å². The number of hydrogen-bond acceptors (Lipinski definition) is 5. The average molecular weight is 494 g/mol. The average Bonchev–Trinajstić information content (AvgIpc) is 2.62. The minimum absolute atomic E-state index is 0. The summed E-state index contributed by atoms with van der Waals surface area (Å²) in [5, 5.41) is 23.8. The molecule has 26 heavy (non-hydrogen) atoms. The third kappa shape index (κ3) is 7.67. The number of aliphatic hydroxyl groups is 1. The fraction of sp³-hybridized carbons (Fsp3) is 0.588. The van der Waals surface area contributed by atoms with E-state index >= 15 is 0 Å². The summed E-state index contributed by atoms with van der Waals surface area (Å²) in [6.45, 7) is 2.91. The number of hydrogen-bond donors (Lipinski definition) is 2. The third-order valence-corrected chi connectivity index (χ3v) is 4.83. The van der Waals surface area contributed by atoms with Gasteiger partial charge in [0.2, 0.25) is 0 Å². The molecule has 1 fully saturated rings. The number of nitrogens with zero attached hydrogens (tertiary/aromatic N) is 3. The number of rotatable bonds is 7. The summed E-state index contributed by atoms with van der Waals surface area (Å²) in [7, 11) is 0. The predicted molar refractivity (Wildman–Crippen MR) is 117 cm³/mol. The quantitative estimate of drug-likeness (QED) is 0.151. The summed E-state index contributed by atoms with van der Waals surface area (Å²) in [6.07, 6.45) is 4.44. The second kappa shape index (κ2) is 12.3. The maximum Gasteiger partial charge on any atom is 0.269 e. The van der Waals surface area contributed by atoms with Crippen molar-refractivity contribution in [3.8, 4) is 0 Å². The van der Waals surface area contributed by atoms with Gasteiger partial charge in [-0.3, -0.25) is 10.1 Å². The highest BCUT2D eigenvalue weighted by atomic mass is 127. The van der Waals surface area contributed by atoms with Gasteiger partial charge in [0.1, 0.15) is 0 Å². The lowest BCUT2D eigenvalue weighted by atomic mass is 10.1. The van der Waals surface area contributed by atoms with E-state index in [4.69, 9.17) is 0 Å². The van der Waals surface area contributed by atoms with Crippen LogP contribution in [0.15, 0.2) is 29.3 Å². The van der Waals surface area contributed by atoms with Gasteiger partial charge >= 0.3 is 0 Å². The van der Waals surface area contributed by atoms with Crippen molar-refractivity contribution in [2.24, 2.45) is 4.99 Å². The fourth-order valence-corrected chi connectivity index (χ4v) is 3.08. The van der Waals surface area contributed by atoms with Crippen LogP contribution in [0.4, 0.5) is 5.69 Å². The van der Waals surface area contributed by atoms with Crippen LogP contribution in [0.2, 0.25) is 0 Å². The zero-order chi connectivity index (χ0) is 18.1. The normalized spacial score (nSPS) is 15.5. The summed E-state index contributed by atoms with van der Waals surface area (Å²) < 4.78 is 0. The Bertz CT molecular complexity index is 578. The summed E-state index contributed by atoms with van der Waals surface area (Å²) in [5.74, 6) is 1.95. The second-order valence-corrected chi connectivity index (χ2v) is 7.04. The van der Waals surface area contributed by atoms with Crippen molar-refractivity contribution in [2.45, 2.75) is 31.9 Å². The molecule has 0 unspecified atom stereocenters. The van der Waals surface area contributed by atoms with Crippen LogP contribution in [-0.4, -0.2) is 58.6 Å². The number of thioether (sulfide) groups is 1. The molecule has 146 valence electrons. The largest absolute Gasteiger partial charge is 0.393 e. The topological polar surface area (TPSA) is 91.0 Å². The Hall–Kier alpha value is -1.07. The highest BCUT2D eigenvalue weighted by molar-refractivity contribution is 14.0. The van der Waals surface area contributed by atoms with Crippen molar-refractivity contribution >= 4 is 47.4 Å². The van der Waals surface area contributed by atoms with E-state index in [1.54, 1.807) is 12.1 Å². The van der Waals surface area contributed by atoms with E-state index in [1.807, 2.05) is 11.8 Å². The zero-order valence-electron chi connectivity index (χ0n) is 15.0. The molecule has 0 radical (unpaired) electrons. The number of aliphatic imine (C=N–C) groups is 1. The molecule has 9 heteroatoms. The van der Waals surface area contributed by atoms with Crippen LogP contribution in [0.3, 0.4) is 0 Å². The standard InChI is InChI=1S/C17H26N4O3S.HI/c1-25-12-2-9-18-17(20-10-7-16(22)8-11-20)19-13-14-3-5-15(6-4-14)21(23)24;/h3-6,16,22H,2,7-13H2,1H3,(H,18,19);1H. The number of piperidine rings is 1. The first kappa shape index (κ1) is 23.0. The molecular weight excluding hydrogens is 467 g/mol. The monoisotopic (exact) mass is 494 g/mol. The number of aliphatic hydroxyl groups excluding tert-OH is 1. The third-order valence-electron chi connectivity index (χ3n) is 4.13. The van der Waals surface area contributed by atoms with Gasteiger partial charge in [-0.2, -0.15) is 11.8 Å². The maximum absolute atomic E-state index is 10.7. The summed E-state index contributed by atoms with van der Waals surface area (Å²) in [6, 6.07) is 6.50. The molecule has 1 heterocycles. The van der Waals surface area contributed by atoms with Crippen molar-refractivity contribution in [3.05, 3.63) is 39.9 Å². The Balaban J connectivity index is 0.00000338. The van der Waals surface area contributed by atoms with E-state index in [1.165, 1.54) is 12.1 Å². The lowest BCUT2D eigenvalue weighted by Gasteiger charge is -2.32. The van der Waals surface area contributed by atoms with Crippen LogP contribution in [0.5, 0.6) is 0 Å². The fourth-order valence-electron chi connectivity index (χ4n) is 2.65. The van der Waals surface area contributed by atoms with Gasteiger partial charge < -0.3 is 15.3 Å². The Morgan fingerprint density at radius 2 is 2.04 bits per heavy atom. The number of nitrogens with one attached hydrogen (secondary N) is 1. The number of nitro benzene ring substituents is 1. The minimum Gasteiger partial charge on any atom is -0.393 e. The molecule has 1 aliphatic rings. The van der Waals surface area contributed by atoms with Gasteiger partial charge in [0.05, 0.1) is 17.6 Å².